The fourth-order valence-corrected chi connectivity index (χ4v) is 2.92. The lowest BCUT2D eigenvalue weighted by atomic mass is 10.2. The first-order chi connectivity index (χ1) is 8.66. The van der Waals surface area contributed by atoms with Gasteiger partial charge in [-0.1, -0.05) is 12.1 Å². The molecule has 1 aromatic heterocycles. The molecule has 1 heterocycles. The summed E-state index contributed by atoms with van der Waals surface area (Å²) in [5.41, 5.74) is 0.760. The van der Waals surface area contributed by atoms with Gasteiger partial charge in [0.15, 0.2) is 0 Å². The summed E-state index contributed by atoms with van der Waals surface area (Å²) in [6, 6.07) is 11.8. The van der Waals surface area contributed by atoms with E-state index in [0.29, 0.717) is 0 Å². The number of carbonyl (C=O) groups is 1. The highest BCUT2D eigenvalue weighted by Crippen LogP contribution is 2.12. The van der Waals surface area contributed by atoms with E-state index >= 15 is 0 Å². The summed E-state index contributed by atoms with van der Waals surface area (Å²) in [7, 11) is 1.86. The molecule has 0 spiro atoms. The van der Waals surface area contributed by atoms with Gasteiger partial charge < -0.3 is 4.90 Å². The van der Waals surface area contributed by atoms with E-state index in [1.807, 2.05) is 37.4 Å². The third kappa shape index (κ3) is 3.55. The van der Waals surface area contributed by atoms with Gasteiger partial charge in [-0.3, -0.25) is 4.79 Å². The predicted molar refractivity (Wildman–Crippen MR) is 84.1 cm³/mol. The van der Waals surface area contributed by atoms with E-state index in [4.69, 9.17) is 0 Å². The van der Waals surface area contributed by atoms with Crippen LogP contribution in [0.2, 0.25) is 0 Å². The van der Waals surface area contributed by atoms with Crippen molar-refractivity contribution in [3.8, 4) is 0 Å². The Balaban J connectivity index is 1.96. The monoisotopic (exact) mass is 371 g/mol. The molecule has 2 nitrogen and oxygen atoms in total. The highest BCUT2D eigenvalue weighted by Gasteiger charge is 2.11. The largest absolute Gasteiger partial charge is 0.341 e. The second kappa shape index (κ2) is 6.33. The average molecular weight is 371 g/mol. The Morgan fingerprint density at radius 3 is 2.83 bits per heavy atom. The van der Waals surface area contributed by atoms with Crippen LogP contribution in [0.3, 0.4) is 0 Å². The van der Waals surface area contributed by atoms with Crippen molar-refractivity contribution in [2.45, 2.75) is 6.42 Å². The van der Waals surface area contributed by atoms with Gasteiger partial charge in [-0.15, -0.1) is 11.3 Å². The first kappa shape index (κ1) is 13.5. The van der Waals surface area contributed by atoms with Crippen LogP contribution in [0.4, 0.5) is 0 Å². The molecular weight excluding hydrogens is 357 g/mol. The zero-order valence-corrected chi connectivity index (χ0v) is 13.1. The molecule has 0 N–H and O–H groups in total. The quantitative estimate of drug-likeness (QED) is 0.752. The first-order valence-corrected chi connectivity index (χ1v) is 7.66. The lowest BCUT2D eigenvalue weighted by Gasteiger charge is -2.16. The molecule has 0 aliphatic rings. The van der Waals surface area contributed by atoms with Crippen LogP contribution in [0.15, 0.2) is 41.8 Å². The number of benzene rings is 1. The number of carbonyl (C=O) groups excluding carboxylic acids is 1. The zero-order chi connectivity index (χ0) is 13.0. The number of amides is 1. The van der Waals surface area contributed by atoms with Gasteiger partial charge in [0.25, 0.3) is 5.91 Å². The Labute approximate surface area is 125 Å². The number of hydrogen-bond donors (Lipinski definition) is 0. The van der Waals surface area contributed by atoms with Crippen molar-refractivity contribution >= 4 is 39.8 Å². The molecule has 0 unspecified atom stereocenters. The summed E-state index contributed by atoms with van der Waals surface area (Å²) in [4.78, 5) is 15.3. The number of hydrogen-bond acceptors (Lipinski definition) is 2. The van der Waals surface area contributed by atoms with E-state index in [2.05, 4.69) is 34.0 Å². The molecule has 4 heteroatoms. The molecule has 0 fully saturated rings. The smallest absolute Gasteiger partial charge is 0.253 e. The summed E-state index contributed by atoms with van der Waals surface area (Å²) >= 11 is 3.96. The Morgan fingerprint density at radius 2 is 2.17 bits per heavy atom. The van der Waals surface area contributed by atoms with Gasteiger partial charge in [0.1, 0.15) is 0 Å². The van der Waals surface area contributed by atoms with E-state index in [1.54, 1.807) is 16.2 Å². The fourth-order valence-electron chi connectivity index (χ4n) is 1.68. The highest BCUT2D eigenvalue weighted by molar-refractivity contribution is 14.1. The molecule has 0 saturated carbocycles. The van der Waals surface area contributed by atoms with Gasteiger partial charge in [-0.05, 0) is 58.7 Å². The molecule has 2 rings (SSSR count). The number of nitrogens with zero attached hydrogens (tertiary/aromatic N) is 1. The maximum Gasteiger partial charge on any atom is 0.253 e. The minimum Gasteiger partial charge on any atom is -0.341 e. The van der Waals surface area contributed by atoms with E-state index < -0.39 is 0 Å². The summed E-state index contributed by atoms with van der Waals surface area (Å²) < 4.78 is 1.09. The van der Waals surface area contributed by atoms with Crippen molar-refractivity contribution in [1.29, 1.82) is 0 Å². The van der Waals surface area contributed by atoms with Gasteiger partial charge in [-0.2, -0.15) is 0 Å². The molecule has 1 amide bonds. The standard InChI is InChI=1S/C14H14INOS/c1-16(8-7-13-6-3-9-18-13)14(17)11-4-2-5-12(15)10-11/h2-6,9-10H,7-8H2,1H3. The lowest BCUT2D eigenvalue weighted by molar-refractivity contribution is 0.0797. The topological polar surface area (TPSA) is 20.3 Å². The molecule has 2 aromatic rings. The Hall–Kier alpha value is -0.880. The third-order valence-electron chi connectivity index (χ3n) is 2.69. The van der Waals surface area contributed by atoms with Crippen LogP contribution in [0.25, 0.3) is 0 Å². The van der Waals surface area contributed by atoms with Crippen LogP contribution in [0.1, 0.15) is 15.2 Å². The average Bonchev–Trinajstić information content (AvgIpc) is 2.88. The highest BCUT2D eigenvalue weighted by atomic mass is 127. The van der Waals surface area contributed by atoms with E-state index in [9.17, 15) is 4.79 Å². The molecule has 0 atom stereocenters. The van der Waals surface area contributed by atoms with Crippen molar-refractivity contribution in [1.82, 2.24) is 4.90 Å². The molecule has 0 aliphatic carbocycles. The third-order valence-corrected chi connectivity index (χ3v) is 4.30. The summed E-state index contributed by atoms with van der Waals surface area (Å²) in [6.45, 7) is 0.755. The predicted octanol–water partition coefficient (Wildman–Crippen LogP) is 3.67. The maximum atomic E-state index is 12.2. The van der Waals surface area contributed by atoms with Gasteiger partial charge in [0.05, 0.1) is 0 Å². The van der Waals surface area contributed by atoms with Crippen LogP contribution in [0.5, 0.6) is 0 Å². The number of likely N-dealkylation sites (N-methyl/N-ethyl adjacent to an activating group) is 1. The van der Waals surface area contributed by atoms with Gasteiger partial charge in [-0.25, -0.2) is 0 Å². The van der Waals surface area contributed by atoms with Crippen LogP contribution < -0.4 is 0 Å². The van der Waals surface area contributed by atoms with Crippen molar-refractivity contribution in [3.05, 3.63) is 55.8 Å². The van der Waals surface area contributed by atoms with Crippen LogP contribution in [-0.4, -0.2) is 24.4 Å². The van der Waals surface area contributed by atoms with Gasteiger partial charge in [0, 0.05) is 27.6 Å². The summed E-state index contributed by atoms with van der Waals surface area (Å²) in [5, 5.41) is 2.07. The van der Waals surface area contributed by atoms with E-state index in [1.165, 1.54) is 4.88 Å². The fraction of sp³-hybridized carbons (Fsp3) is 0.214. The molecule has 0 aliphatic heterocycles. The molecule has 1 aromatic carbocycles. The maximum absolute atomic E-state index is 12.2. The lowest BCUT2D eigenvalue weighted by Crippen LogP contribution is -2.28. The van der Waals surface area contributed by atoms with Crippen LogP contribution >= 0.6 is 33.9 Å². The normalized spacial score (nSPS) is 10.3. The minimum atomic E-state index is 0.0880. The molecule has 0 radical (unpaired) electrons. The SMILES string of the molecule is CN(CCc1cccs1)C(=O)c1cccc(I)c1. The van der Waals surface area contributed by atoms with Crippen molar-refractivity contribution in [2.75, 3.05) is 13.6 Å². The number of thiophene rings is 1. The minimum absolute atomic E-state index is 0.0880. The van der Waals surface area contributed by atoms with E-state index in [0.717, 1.165) is 22.1 Å². The van der Waals surface area contributed by atoms with Gasteiger partial charge >= 0.3 is 0 Å². The number of rotatable bonds is 4. The molecule has 94 valence electrons. The van der Waals surface area contributed by atoms with Crippen molar-refractivity contribution in [3.63, 3.8) is 0 Å². The van der Waals surface area contributed by atoms with Gasteiger partial charge in [0.2, 0.25) is 0 Å². The summed E-state index contributed by atoms with van der Waals surface area (Å²) in [5.74, 6) is 0.0880. The first-order valence-electron chi connectivity index (χ1n) is 5.70. The molecular formula is C14H14INOS. The Kier molecular flexibility index (Phi) is 4.77. The molecule has 0 saturated heterocycles. The Bertz CT molecular complexity index is 524. The zero-order valence-electron chi connectivity index (χ0n) is 10.1. The molecule has 0 bridgehead atoms. The van der Waals surface area contributed by atoms with Crippen molar-refractivity contribution in [2.24, 2.45) is 0 Å². The summed E-state index contributed by atoms with van der Waals surface area (Å²) in [6.07, 6.45) is 0.920. The molecule has 18 heavy (non-hydrogen) atoms. The van der Waals surface area contributed by atoms with Crippen LogP contribution in [0, 0.1) is 3.57 Å². The number of halogens is 1. The van der Waals surface area contributed by atoms with E-state index in [-0.39, 0.29) is 5.91 Å². The van der Waals surface area contributed by atoms with Crippen molar-refractivity contribution < 1.29 is 4.79 Å². The van der Waals surface area contributed by atoms with Crippen LogP contribution in [-0.2, 0) is 6.42 Å². The second-order valence-electron chi connectivity index (χ2n) is 4.07. The second-order valence-corrected chi connectivity index (χ2v) is 6.34. The Morgan fingerprint density at radius 1 is 1.33 bits per heavy atom.